The van der Waals surface area contributed by atoms with E-state index in [-0.39, 0.29) is 0 Å². The van der Waals surface area contributed by atoms with E-state index in [1.807, 2.05) is 54.6 Å². The molecule has 0 spiro atoms. The Morgan fingerprint density at radius 3 is 2.04 bits per heavy atom. The number of benzene rings is 3. The molecule has 144 valence electrons. The van der Waals surface area contributed by atoms with Crippen molar-refractivity contribution in [3.05, 3.63) is 95.3 Å². The maximum atomic E-state index is 7.72. The molecule has 0 bridgehead atoms. The van der Waals surface area contributed by atoms with Gasteiger partial charge in [-0.05, 0) is 0 Å². The molecule has 4 heteroatoms. The van der Waals surface area contributed by atoms with Crippen LogP contribution in [0.2, 0.25) is 5.02 Å². The minimum absolute atomic E-state index is 0.709. The second kappa shape index (κ2) is 7.56. The maximum absolute atomic E-state index is 7.72. The topological polar surface area (TPSA) is 9.23 Å². The van der Waals surface area contributed by atoms with Crippen LogP contribution in [0.25, 0.3) is 5.57 Å². The molecule has 28 heavy (non-hydrogen) atoms. The molecule has 1 heterocycles. The molecular formula is C24H23Cl2OP. The van der Waals surface area contributed by atoms with Gasteiger partial charge >= 0.3 is 177 Å². The number of hydrogen-bond donors (Lipinski definition) is 0. The van der Waals surface area contributed by atoms with Crippen molar-refractivity contribution >= 4 is 45.2 Å². The van der Waals surface area contributed by atoms with Crippen LogP contribution in [0.15, 0.2) is 84.7 Å². The third kappa shape index (κ3) is 3.26. The van der Waals surface area contributed by atoms with E-state index in [4.69, 9.17) is 27.4 Å². The minimum atomic E-state index is -3.56. The number of rotatable bonds is 5. The molecule has 3 aromatic rings. The molecule has 0 aromatic heterocycles. The Labute approximate surface area is 176 Å². The first-order chi connectivity index (χ1) is 13.5. The Morgan fingerprint density at radius 2 is 1.46 bits per heavy atom. The number of fused-ring (bicyclic) bond motifs is 1. The quantitative estimate of drug-likeness (QED) is 0.381. The van der Waals surface area contributed by atoms with Crippen LogP contribution in [0.3, 0.4) is 0 Å². The van der Waals surface area contributed by atoms with E-state index in [0.29, 0.717) is 5.02 Å². The standard InChI is InChI=1S/C24H23Cl2OP/c1-2-3-10-19-18-28(26,21-11-6-4-7-12-21,22-13-8-5-9-14-22)27-24-16-15-20(25)17-23(19)24/h4-9,11-18H,2-3,10H2,1H3. The van der Waals surface area contributed by atoms with Crippen LogP contribution < -0.4 is 15.1 Å². The van der Waals surface area contributed by atoms with Crippen molar-refractivity contribution in [2.24, 2.45) is 0 Å². The first-order valence-electron chi connectivity index (χ1n) is 9.61. The van der Waals surface area contributed by atoms with Gasteiger partial charge in [0.05, 0.1) is 0 Å². The van der Waals surface area contributed by atoms with Gasteiger partial charge in [0.25, 0.3) is 0 Å². The van der Waals surface area contributed by atoms with E-state index in [0.717, 1.165) is 41.2 Å². The molecule has 0 fully saturated rings. The van der Waals surface area contributed by atoms with Crippen LogP contribution in [-0.4, -0.2) is 0 Å². The molecule has 0 unspecified atom stereocenters. The van der Waals surface area contributed by atoms with Crippen molar-refractivity contribution in [1.29, 1.82) is 0 Å². The van der Waals surface area contributed by atoms with E-state index in [1.54, 1.807) is 0 Å². The van der Waals surface area contributed by atoms with Crippen molar-refractivity contribution in [3.63, 3.8) is 0 Å². The summed E-state index contributed by atoms with van der Waals surface area (Å²) in [7, 11) is 0. The van der Waals surface area contributed by atoms with E-state index >= 15 is 0 Å². The summed E-state index contributed by atoms with van der Waals surface area (Å²) in [4.78, 5) is 0. The molecule has 1 nitrogen and oxygen atoms in total. The summed E-state index contributed by atoms with van der Waals surface area (Å²) < 4.78 is 6.81. The molecule has 0 radical (unpaired) electrons. The zero-order valence-corrected chi connectivity index (χ0v) is 18.2. The Balaban J connectivity index is 2.03. The average Bonchev–Trinajstić information content (AvgIpc) is 2.74. The van der Waals surface area contributed by atoms with Crippen LogP contribution in [-0.2, 0) is 0 Å². The van der Waals surface area contributed by atoms with Gasteiger partial charge in [-0.2, -0.15) is 0 Å². The van der Waals surface area contributed by atoms with Crippen molar-refractivity contribution in [2.75, 3.05) is 0 Å². The van der Waals surface area contributed by atoms with Gasteiger partial charge in [-0.25, -0.2) is 0 Å². The molecule has 0 saturated carbocycles. The molecule has 1 aliphatic rings. The van der Waals surface area contributed by atoms with Gasteiger partial charge in [-0.15, -0.1) is 0 Å². The third-order valence-corrected chi connectivity index (χ3v) is 11.0. The number of allylic oxidation sites excluding steroid dienone is 1. The second-order valence-corrected chi connectivity index (χ2v) is 13.1. The molecule has 0 saturated heterocycles. The van der Waals surface area contributed by atoms with Crippen molar-refractivity contribution in [1.82, 2.24) is 0 Å². The first kappa shape index (κ1) is 19.5. The van der Waals surface area contributed by atoms with Gasteiger partial charge in [0.2, 0.25) is 0 Å². The summed E-state index contributed by atoms with van der Waals surface area (Å²) in [5.74, 6) is 3.02. The van der Waals surface area contributed by atoms with Crippen LogP contribution in [0.5, 0.6) is 5.75 Å². The van der Waals surface area contributed by atoms with Gasteiger partial charge in [0.1, 0.15) is 0 Å². The van der Waals surface area contributed by atoms with Crippen molar-refractivity contribution in [2.45, 2.75) is 26.2 Å². The Kier molecular flexibility index (Phi) is 5.27. The zero-order valence-electron chi connectivity index (χ0n) is 15.8. The normalized spacial score (nSPS) is 18.1. The summed E-state index contributed by atoms with van der Waals surface area (Å²) in [6.07, 6.45) is -0.414. The van der Waals surface area contributed by atoms with Crippen LogP contribution in [0, 0.1) is 0 Å². The first-order valence-corrected chi connectivity index (χ1v) is 13.1. The van der Waals surface area contributed by atoms with E-state index < -0.39 is 6.18 Å². The number of hydrogen-bond acceptors (Lipinski definition) is 1. The van der Waals surface area contributed by atoms with Gasteiger partial charge in [0.15, 0.2) is 0 Å². The van der Waals surface area contributed by atoms with Gasteiger partial charge in [-0.1, -0.05) is 0 Å². The molecule has 0 aliphatic carbocycles. The van der Waals surface area contributed by atoms with Crippen LogP contribution >= 0.6 is 29.0 Å². The second-order valence-electron chi connectivity index (χ2n) is 7.15. The molecule has 3 aromatic carbocycles. The Hall–Kier alpha value is -1.79. The summed E-state index contributed by atoms with van der Waals surface area (Å²) in [5, 5.41) is 2.73. The Morgan fingerprint density at radius 1 is 0.857 bits per heavy atom. The average molecular weight is 429 g/mol. The molecule has 0 amide bonds. The predicted molar refractivity (Wildman–Crippen MR) is 125 cm³/mol. The van der Waals surface area contributed by atoms with E-state index in [9.17, 15) is 0 Å². The number of unbranched alkanes of at least 4 members (excludes halogenated alkanes) is 1. The summed E-state index contributed by atoms with van der Waals surface area (Å²) in [6.45, 7) is 2.20. The fourth-order valence-electron chi connectivity index (χ4n) is 3.78. The SMILES string of the molecule is CCCCC1=CP(Cl)(c2ccccc2)(c2ccccc2)Oc2ccc(Cl)cc21. The van der Waals surface area contributed by atoms with E-state index in [2.05, 4.69) is 37.0 Å². The zero-order chi connectivity index (χ0) is 19.6. The van der Waals surface area contributed by atoms with Gasteiger partial charge < -0.3 is 0 Å². The van der Waals surface area contributed by atoms with Crippen molar-refractivity contribution in [3.8, 4) is 5.75 Å². The fourth-order valence-corrected chi connectivity index (χ4v) is 8.89. The van der Waals surface area contributed by atoms with Crippen molar-refractivity contribution < 1.29 is 4.52 Å². The molecule has 1 aliphatic heterocycles. The summed E-state index contributed by atoms with van der Waals surface area (Å²) in [6, 6.07) is 26.2. The predicted octanol–water partition coefficient (Wildman–Crippen LogP) is 7.54. The number of halogens is 2. The monoisotopic (exact) mass is 428 g/mol. The van der Waals surface area contributed by atoms with Gasteiger partial charge in [0, 0.05) is 0 Å². The van der Waals surface area contributed by atoms with Crippen LogP contribution in [0.1, 0.15) is 31.7 Å². The van der Waals surface area contributed by atoms with Crippen LogP contribution in [0.4, 0.5) is 0 Å². The Bertz CT molecular complexity index is 976. The molecule has 0 N–H and O–H groups in total. The molecule has 0 atom stereocenters. The third-order valence-electron chi connectivity index (χ3n) is 5.23. The molecule has 4 rings (SSSR count). The molecular weight excluding hydrogens is 406 g/mol. The summed E-state index contributed by atoms with van der Waals surface area (Å²) in [5.41, 5.74) is 2.26. The summed E-state index contributed by atoms with van der Waals surface area (Å²) >= 11 is 14.0. The van der Waals surface area contributed by atoms with E-state index in [1.165, 1.54) is 5.57 Å². The van der Waals surface area contributed by atoms with Gasteiger partial charge in [-0.3, -0.25) is 0 Å². The fraction of sp³-hybridized carbons (Fsp3) is 0.167.